The van der Waals surface area contributed by atoms with Crippen molar-refractivity contribution in [2.24, 2.45) is 0 Å². The minimum atomic E-state index is -2.57. The zero-order valence-electron chi connectivity index (χ0n) is 11.2. The van der Waals surface area contributed by atoms with Crippen LogP contribution in [0.3, 0.4) is 0 Å². The first-order valence-corrected chi connectivity index (χ1v) is 5.88. The molecule has 1 aromatic carbocycles. The van der Waals surface area contributed by atoms with E-state index in [0.29, 0.717) is 5.56 Å². The highest BCUT2D eigenvalue weighted by molar-refractivity contribution is 6.02. The Balaban J connectivity index is 2.98. The van der Waals surface area contributed by atoms with E-state index in [1.165, 1.54) is 0 Å². The topological polar surface area (TPSA) is 83.8 Å². The quantitative estimate of drug-likeness (QED) is 0.635. The summed E-state index contributed by atoms with van der Waals surface area (Å²) in [5, 5.41) is 19.2. The number of carbonyl (C=O) groups excluding carboxylic acids is 1. The van der Waals surface area contributed by atoms with Crippen LogP contribution in [-0.2, 0) is 20.7 Å². The average molecular weight is 266 g/mol. The van der Waals surface area contributed by atoms with E-state index in [1.807, 2.05) is 0 Å². The molecule has 0 bridgehead atoms. The molecule has 0 aliphatic carbocycles. The molecule has 0 aliphatic heterocycles. The van der Waals surface area contributed by atoms with E-state index in [-0.39, 0.29) is 6.42 Å². The van der Waals surface area contributed by atoms with Crippen molar-refractivity contribution in [2.75, 3.05) is 0 Å². The summed E-state index contributed by atoms with van der Waals surface area (Å²) in [7, 11) is 0. The van der Waals surface area contributed by atoms with Gasteiger partial charge in [-0.2, -0.15) is 0 Å². The lowest BCUT2D eigenvalue weighted by atomic mass is 9.94. The van der Waals surface area contributed by atoms with Gasteiger partial charge in [0.05, 0.1) is 0 Å². The molecule has 1 unspecified atom stereocenters. The molecule has 0 saturated carbocycles. The Labute approximate surface area is 111 Å². The van der Waals surface area contributed by atoms with Crippen molar-refractivity contribution in [1.29, 1.82) is 0 Å². The number of carbonyl (C=O) groups is 2. The molecule has 0 radical (unpaired) electrons. The monoisotopic (exact) mass is 266 g/mol. The van der Waals surface area contributed by atoms with Gasteiger partial charge >= 0.3 is 11.9 Å². The fourth-order valence-corrected chi connectivity index (χ4v) is 1.49. The highest BCUT2D eigenvalue weighted by Crippen LogP contribution is 2.19. The number of hydrogen-bond acceptors (Lipinski definition) is 4. The van der Waals surface area contributed by atoms with Crippen molar-refractivity contribution in [3.63, 3.8) is 0 Å². The zero-order chi connectivity index (χ0) is 14.7. The predicted octanol–water partition coefficient (Wildman–Crippen LogP) is 1.39. The fraction of sp³-hybridized carbons (Fsp3) is 0.429. The number of benzene rings is 1. The average Bonchev–Trinajstić information content (AvgIpc) is 2.27. The fourth-order valence-electron chi connectivity index (χ4n) is 1.49. The third kappa shape index (κ3) is 4.06. The Morgan fingerprint density at radius 3 is 2.11 bits per heavy atom. The standard InChI is InChI=1S/C14H18O5/c1-13(2,3)19-12(17)14(18,11(15)16)9-10-7-5-4-6-8-10/h4-8,18H,9H2,1-3H3,(H,15,16). The first kappa shape index (κ1) is 15.2. The Morgan fingerprint density at radius 2 is 1.68 bits per heavy atom. The Kier molecular flexibility index (Phi) is 4.32. The molecule has 1 atom stereocenters. The van der Waals surface area contributed by atoms with Crippen LogP contribution in [0.2, 0.25) is 0 Å². The molecule has 0 fully saturated rings. The molecule has 1 aromatic rings. The second-order valence-electron chi connectivity index (χ2n) is 5.33. The van der Waals surface area contributed by atoms with Gasteiger partial charge in [-0.05, 0) is 26.3 Å². The van der Waals surface area contributed by atoms with Crippen LogP contribution in [0.15, 0.2) is 30.3 Å². The Bertz CT molecular complexity index is 460. The summed E-state index contributed by atoms with van der Waals surface area (Å²) in [5.74, 6) is -2.78. The minimum absolute atomic E-state index is 0.335. The van der Waals surface area contributed by atoms with Gasteiger partial charge in [0.15, 0.2) is 0 Å². The van der Waals surface area contributed by atoms with Crippen LogP contribution in [0, 0.1) is 0 Å². The van der Waals surface area contributed by atoms with Crippen molar-refractivity contribution < 1.29 is 24.5 Å². The van der Waals surface area contributed by atoms with Gasteiger partial charge in [-0.25, -0.2) is 9.59 Å². The van der Waals surface area contributed by atoms with Crippen LogP contribution in [0.1, 0.15) is 26.3 Å². The summed E-state index contributed by atoms with van der Waals surface area (Å²) in [5.41, 5.74) is -2.90. The third-order valence-corrected chi connectivity index (χ3v) is 2.39. The summed E-state index contributed by atoms with van der Waals surface area (Å²) in [6.07, 6.45) is -0.335. The second kappa shape index (κ2) is 5.40. The molecule has 0 aromatic heterocycles. The van der Waals surface area contributed by atoms with Crippen LogP contribution in [0.25, 0.3) is 0 Å². The van der Waals surface area contributed by atoms with Crippen molar-refractivity contribution in [2.45, 2.75) is 38.4 Å². The van der Waals surface area contributed by atoms with E-state index in [4.69, 9.17) is 9.84 Å². The zero-order valence-corrected chi connectivity index (χ0v) is 11.2. The van der Waals surface area contributed by atoms with Gasteiger partial charge < -0.3 is 14.9 Å². The second-order valence-corrected chi connectivity index (χ2v) is 5.33. The van der Waals surface area contributed by atoms with E-state index in [1.54, 1.807) is 51.1 Å². The highest BCUT2D eigenvalue weighted by Gasteiger charge is 2.47. The van der Waals surface area contributed by atoms with Crippen molar-refractivity contribution >= 4 is 11.9 Å². The number of ether oxygens (including phenoxy) is 1. The number of esters is 1. The first-order chi connectivity index (χ1) is 8.65. The van der Waals surface area contributed by atoms with E-state index in [2.05, 4.69) is 0 Å². The van der Waals surface area contributed by atoms with Crippen LogP contribution >= 0.6 is 0 Å². The normalized spacial score (nSPS) is 14.5. The minimum Gasteiger partial charge on any atom is -0.479 e. The molecule has 2 N–H and O–H groups in total. The summed E-state index contributed by atoms with van der Waals surface area (Å²) in [6.45, 7) is 4.82. The van der Waals surface area contributed by atoms with E-state index in [9.17, 15) is 14.7 Å². The van der Waals surface area contributed by atoms with Crippen molar-refractivity contribution in [1.82, 2.24) is 0 Å². The Morgan fingerprint density at radius 1 is 1.16 bits per heavy atom. The highest BCUT2D eigenvalue weighted by atomic mass is 16.6. The third-order valence-electron chi connectivity index (χ3n) is 2.39. The molecule has 0 spiro atoms. The van der Waals surface area contributed by atoms with Gasteiger partial charge in [-0.1, -0.05) is 30.3 Å². The molecular formula is C14H18O5. The molecule has 5 nitrogen and oxygen atoms in total. The Hall–Kier alpha value is -1.88. The number of aliphatic carboxylic acids is 1. The molecule has 104 valence electrons. The van der Waals surface area contributed by atoms with Gasteiger partial charge in [0.2, 0.25) is 0 Å². The maximum Gasteiger partial charge on any atom is 0.350 e. The van der Waals surface area contributed by atoms with E-state index >= 15 is 0 Å². The molecule has 0 aliphatic rings. The molecule has 5 heteroatoms. The van der Waals surface area contributed by atoms with Crippen LogP contribution < -0.4 is 0 Å². The maximum atomic E-state index is 11.9. The van der Waals surface area contributed by atoms with Gasteiger partial charge in [-0.15, -0.1) is 0 Å². The smallest absolute Gasteiger partial charge is 0.350 e. The number of carboxylic acid groups (broad SMARTS) is 1. The number of hydrogen-bond donors (Lipinski definition) is 2. The van der Waals surface area contributed by atoms with Crippen LogP contribution in [0.4, 0.5) is 0 Å². The van der Waals surface area contributed by atoms with E-state index in [0.717, 1.165) is 0 Å². The molecule has 19 heavy (non-hydrogen) atoms. The summed E-state index contributed by atoms with van der Waals surface area (Å²) in [4.78, 5) is 23.1. The van der Waals surface area contributed by atoms with Crippen LogP contribution in [-0.4, -0.2) is 33.4 Å². The molecule has 0 amide bonds. The van der Waals surface area contributed by atoms with Crippen molar-refractivity contribution in [3.8, 4) is 0 Å². The molecule has 1 rings (SSSR count). The summed E-state index contributed by atoms with van der Waals surface area (Å²) in [6, 6.07) is 8.44. The number of rotatable bonds is 4. The molecular weight excluding hydrogens is 248 g/mol. The SMILES string of the molecule is CC(C)(C)OC(=O)C(O)(Cc1ccccc1)C(=O)O. The lowest BCUT2D eigenvalue weighted by Crippen LogP contribution is -2.51. The number of aliphatic hydroxyl groups is 1. The van der Waals surface area contributed by atoms with E-state index < -0.39 is 23.1 Å². The van der Waals surface area contributed by atoms with Gasteiger partial charge in [-0.3, -0.25) is 0 Å². The van der Waals surface area contributed by atoms with Gasteiger partial charge in [0, 0.05) is 6.42 Å². The first-order valence-electron chi connectivity index (χ1n) is 5.88. The molecule has 0 heterocycles. The number of carboxylic acids is 1. The predicted molar refractivity (Wildman–Crippen MR) is 68.6 cm³/mol. The van der Waals surface area contributed by atoms with Gasteiger partial charge in [0.1, 0.15) is 5.60 Å². The lowest BCUT2D eigenvalue weighted by molar-refractivity contribution is -0.187. The largest absolute Gasteiger partial charge is 0.479 e. The van der Waals surface area contributed by atoms with Gasteiger partial charge in [0.25, 0.3) is 5.60 Å². The summed E-state index contributed by atoms with van der Waals surface area (Å²) >= 11 is 0. The lowest BCUT2D eigenvalue weighted by Gasteiger charge is -2.27. The van der Waals surface area contributed by atoms with Crippen LogP contribution in [0.5, 0.6) is 0 Å². The maximum absolute atomic E-state index is 11.9. The van der Waals surface area contributed by atoms with Crippen molar-refractivity contribution in [3.05, 3.63) is 35.9 Å². The molecule has 0 saturated heterocycles. The summed E-state index contributed by atoms with van der Waals surface area (Å²) < 4.78 is 4.97.